The highest BCUT2D eigenvalue weighted by molar-refractivity contribution is 6.32. The molecule has 1 aromatic carbocycles. The SMILES string of the molecule is CCOCCCNCc1cc(Cl)c(OC)c(OCC)c1.Cl. The van der Waals surface area contributed by atoms with Crippen molar-refractivity contribution in [3.63, 3.8) is 0 Å². The Hall–Kier alpha value is -0.680. The molecule has 0 aromatic heterocycles. The van der Waals surface area contributed by atoms with E-state index in [9.17, 15) is 0 Å². The molecule has 0 unspecified atom stereocenters. The Labute approximate surface area is 138 Å². The average molecular weight is 338 g/mol. The zero-order valence-corrected chi connectivity index (χ0v) is 14.5. The zero-order valence-electron chi connectivity index (χ0n) is 12.9. The van der Waals surface area contributed by atoms with Gasteiger partial charge in [0, 0.05) is 19.8 Å². The monoisotopic (exact) mass is 337 g/mol. The van der Waals surface area contributed by atoms with Gasteiger partial charge < -0.3 is 19.5 Å². The van der Waals surface area contributed by atoms with Crippen LogP contribution < -0.4 is 14.8 Å². The first-order chi connectivity index (χ1) is 9.72. The van der Waals surface area contributed by atoms with E-state index < -0.39 is 0 Å². The van der Waals surface area contributed by atoms with Gasteiger partial charge in [-0.2, -0.15) is 0 Å². The number of hydrogen-bond donors (Lipinski definition) is 1. The lowest BCUT2D eigenvalue weighted by molar-refractivity contribution is 0.144. The summed E-state index contributed by atoms with van der Waals surface area (Å²) < 4.78 is 16.1. The van der Waals surface area contributed by atoms with E-state index in [0.29, 0.717) is 23.1 Å². The van der Waals surface area contributed by atoms with Crippen molar-refractivity contribution < 1.29 is 14.2 Å². The summed E-state index contributed by atoms with van der Waals surface area (Å²) in [5.74, 6) is 1.28. The molecule has 0 fully saturated rings. The Balaban J connectivity index is 0.00000400. The van der Waals surface area contributed by atoms with Gasteiger partial charge >= 0.3 is 0 Å². The van der Waals surface area contributed by atoms with Crippen molar-refractivity contribution >= 4 is 24.0 Å². The van der Waals surface area contributed by atoms with Crippen LogP contribution in [0.2, 0.25) is 5.02 Å². The summed E-state index contributed by atoms with van der Waals surface area (Å²) in [5.41, 5.74) is 1.08. The van der Waals surface area contributed by atoms with Crippen LogP contribution in [0.1, 0.15) is 25.8 Å². The molecule has 1 N–H and O–H groups in total. The first kappa shape index (κ1) is 20.3. The summed E-state index contributed by atoms with van der Waals surface area (Å²) in [6.07, 6.45) is 0.996. The number of halogens is 2. The van der Waals surface area contributed by atoms with Gasteiger partial charge in [-0.25, -0.2) is 0 Å². The maximum absolute atomic E-state index is 6.20. The fraction of sp³-hybridized carbons (Fsp3) is 0.600. The molecule has 0 amide bonds. The van der Waals surface area contributed by atoms with E-state index in [4.69, 9.17) is 25.8 Å². The summed E-state index contributed by atoms with van der Waals surface area (Å²) in [4.78, 5) is 0. The molecule has 1 rings (SSSR count). The van der Waals surface area contributed by atoms with Gasteiger partial charge in [-0.1, -0.05) is 11.6 Å². The van der Waals surface area contributed by atoms with E-state index in [1.807, 2.05) is 26.0 Å². The summed E-state index contributed by atoms with van der Waals surface area (Å²) in [6.45, 7) is 7.73. The van der Waals surface area contributed by atoms with Crippen molar-refractivity contribution in [2.24, 2.45) is 0 Å². The predicted octanol–water partition coefficient (Wildman–Crippen LogP) is 3.69. The van der Waals surface area contributed by atoms with Crippen LogP contribution in [-0.4, -0.2) is 33.5 Å². The molecule has 1 aromatic rings. The van der Waals surface area contributed by atoms with Crippen molar-refractivity contribution in [3.05, 3.63) is 22.7 Å². The Bertz CT molecular complexity index is 403. The molecule has 0 radical (unpaired) electrons. The summed E-state index contributed by atoms with van der Waals surface area (Å²) in [7, 11) is 1.59. The minimum absolute atomic E-state index is 0. The number of rotatable bonds is 10. The molecule has 0 saturated heterocycles. The summed E-state index contributed by atoms with van der Waals surface area (Å²) in [5, 5.41) is 3.93. The number of benzene rings is 1. The molecular weight excluding hydrogens is 313 g/mol. The molecule has 0 aliphatic carbocycles. The molecule has 0 saturated carbocycles. The Kier molecular flexibility index (Phi) is 11.5. The third kappa shape index (κ3) is 7.23. The molecule has 0 aliphatic rings. The standard InChI is InChI=1S/C15H24ClNO3.ClH/c1-4-19-8-6-7-17-11-12-9-13(16)15(18-3)14(10-12)20-5-2;/h9-10,17H,4-8,11H2,1-3H3;1H. The lowest BCUT2D eigenvalue weighted by Crippen LogP contribution is -2.16. The van der Waals surface area contributed by atoms with Gasteiger partial charge in [0.25, 0.3) is 0 Å². The topological polar surface area (TPSA) is 39.7 Å². The normalized spacial score (nSPS) is 10.1. The van der Waals surface area contributed by atoms with Crippen LogP contribution in [0, 0.1) is 0 Å². The maximum Gasteiger partial charge on any atom is 0.179 e. The largest absolute Gasteiger partial charge is 0.491 e. The molecular formula is C15H25Cl2NO3. The van der Waals surface area contributed by atoms with Crippen LogP contribution >= 0.6 is 24.0 Å². The first-order valence-corrected chi connectivity index (χ1v) is 7.38. The van der Waals surface area contributed by atoms with Gasteiger partial charge in [-0.05, 0) is 44.5 Å². The lowest BCUT2D eigenvalue weighted by atomic mass is 10.2. The van der Waals surface area contributed by atoms with E-state index in [-0.39, 0.29) is 12.4 Å². The van der Waals surface area contributed by atoms with Crippen molar-refractivity contribution in [1.29, 1.82) is 0 Å². The fourth-order valence-corrected chi connectivity index (χ4v) is 2.17. The molecule has 0 heterocycles. The van der Waals surface area contributed by atoms with E-state index in [1.165, 1.54) is 0 Å². The van der Waals surface area contributed by atoms with Crippen molar-refractivity contribution in [1.82, 2.24) is 5.32 Å². The molecule has 0 atom stereocenters. The maximum atomic E-state index is 6.20. The molecule has 0 bridgehead atoms. The average Bonchev–Trinajstić information content (AvgIpc) is 2.43. The molecule has 6 heteroatoms. The first-order valence-electron chi connectivity index (χ1n) is 7.00. The van der Waals surface area contributed by atoms with Crippen LogP contribution in [-0.2, 0) is 11.3 Å². The van der Waals surface area contributed by atoms with Gasteiger partial charge in [0.2, 0.25) is 0 Å². The second-order valence-corrected chi connectivity index (χ2v) is 4.68. The highest BCUT2D eigenvalue weighted by Gasteiger charge is 2.11. The molecule has 0 spiro atoms. The van der Waals surface area contributed by atoms with E-state index in [2.05, 4.69) is 5.32 Å². The Morgan fingerprint density at radius 3 is 2.57 bits per heavy atom. The van der Waals surface area contributed by atoms with E-state index in [1.54, 1.807) is 7.11 Å². The van der Waals surface area contributed by atoms with E-state index >= 15 is 0 Å². The highest BCUT2D eigenvalue weighted by atomic mass is 35.5. The van der Waals surface area contributed by atoms with Gasteiger partial charge in [0.05, 0.1) is 18.7 Å². The van der Waals surface area contributed by atoms with E-state index in [0.717, 1.165) is 38.3 Å². The van der Waals surface area contributed by atoms with Gasteiger partial charge in [0.1, 0.15) is 0 Å². The predicted molar refractivity (Wildman–Crippen MR) is 89.2 cm³/mol. The van der Waals surface area contributed by atoms with Crippen LogP contribution in [0.4, 0.5) is 0 Å². The number of hydrogen-bond acceptors (Lipinski definition) is 4. The summed E-state index contributed by atoms with van der Waals surface area (Å²) >= 11 is 6.20. The molecule has 122 valence electrons. The number of nitrogens with one attached hydrogen (secondary N) is 1. The van der Waals surface area contributed by atoms with Crippen molar-refractivity contribution in [3.8, 4) is 11.5 Å². The minimum atomic E-state index is 0. The quantitative estimate of drug-likeness (QED) is 0.661. The van der Waals surface area contributed by atoms with Gasteiger partial charge in [-0.3, -0.25) is 0 Å². The van der Waals surface area contributed by atoms with Crippen LogP contribution in [0.3, 0.4) is 0 Å². The van der Waals surface area contributed by atoms with Crippen molar-refractivity contribution in [2.45, 2.75) is 26.8 Å². The minimum Gasteiger partial charge on any atom is -0.491 e. The number of ether oxygens (including phenoxy) is 3. The van der Waals surface area contributed by atoms with Gasteiger partial charge in [-0.15, -0.1) is 12.4 Å². The van der Waals surface area contributed by atoms with Gasteiger partial charge in [0.15, 0.2) is 11.5 Å². The lowest BCUT2D eigenvalue weighted by Gasteiger charge is -2.13. The third-order valence-electron chi connectivity index (χ3n) is 2.75. The molecule has 4 nitrogen and oxygen atoms in total. The van der Waals surface area contributed by atoms with Crippen LogP contribution in [0.15, 0.2) is 12.1 Å². The third-order valence-corrected chi connectivity index (χ3v) is 3.03. The molecule has 21 heavy (non-hydrogen) atoms. The van der Waals surface area contributed by atoms with Crippen molar-refractivity contribution in [2.75, 3.05) is 33.5 Å². The fourth-order valence-electron chi connectivity index (χ4n) is 1.86. The Morgan fingerprint density at radius 1 is 1.19 bits per heavy atom. The second kappa shape index (κ2) is 11.9. The molecule has 0 aliphatic heterocycles. The smallest absolute Gasteiger partial charge is 0.179 e. The second-order valence-electron chi connectivity index (χ2n) is 4.27. The van der Waals surface area contributed by atoms with Crippen LogP contribution in [0.5, 0.6) is 11.5 Å². The summed E-state index contributed by atoms with van der Waals surface area (Å²) in [6, 6.07) is 3.86. The van der Waals surface area contributed by atoms with Crippen LogP contribution in [0.25, 0.3) is 0 Å². The zero-order chi connectivity index (χ0) is 14.8. The number of methoxy groups -OCH3 is 1. The highest BCUT2D eigenvalue weighted by Crippen LogP contribution is 2.36. The Morgan fingerprint density at radius 2 is 1.95 bits per heavy atom.